The molecule has 52 valence electrons. The van der Waals surface area contributed by atoms with Crippen LogP contribution < -0.4 is 0 Å². The molecule has 0 aromatic heterocycles. The summed E-state index contributed by atoms with van der Waals surface area (Å²) < 4.78 is 0. The maximum atomic E-state index is 4.52. The van der Waals surface area contributed by atoms with Gasteiger partial charge in [-0.25, -0.2) is 0 Å². The number of aliphatic imine (C=N–C) groups is 1. The third-order valence-corrected chi connectivity index (χ3v) is 1.90. The minimum Gasteiger partial charge on any atom is -0.291 e. The van der Waals surface area contributed by atoms with E-state index < -0.39 is 0 Å². The van der Waals surface area contributed by atoms with Crippen molar-refractivity contribution in [3.05, 3.63) is 0 Å². The van der Waals surface area contributed by atoms with Crippen molar-refractivity contribution < 1.29 is 0 Å². The minimum absolute atomic E-state index is 0.605. The van der Waals surface area contributed by atoms with Crippen LogP contribution in [0.25, 0.3) is 0 Å². The van der Waals surface area contributed by atoms with Crippen molar-refractivity contribution in [3.8, 4) is 0 Å². The molecule has 1 heterocycles. The highest BCUT2D eigenvalue weighted by Crippen LogP contribution is 2.13. The van der Waals surface area contributed by atoms with Gasteiger partial charge in [0.15, 0.2) is 0 Å². The van der Waals surface area contributed by atoms with E-state index in [1.54, 1.807) is 0 Å². The second kappa shape index (κ2) is 3.00. The van der Waals surface area contributed by atoms with Crippen LogP contribution in [-0.2, 0) is 0 Å². The molecular formula is C8H15N. The number of nitrogens with zero attached hydrogens (tertiary/aromatic N) is 1. The van der Waals surface area contributed by atoms with Crippen molar-refractivity contribution in [1.29, 1.82) is 0 Å². The van der Waals surface area contributed by atoms with Crippen molar-refractivity contribution in [2.24, 2.45) is 4.99 Å². The largest absolute Gasteiger partial charge is 0.291 e. The van der Waals surface area contributed by atoms with Gasteiger partial charge in [-0.05, 0) is 32.6 Å². The smallest absolute Gasteiger partial charge is 0.0470 e. The maximum Gasteiger partial charge on any atom is 0.0470 e. The fraction of sp³-hybridized carbons (Fsp3) is 0.875. The zero-order chi connectivity index (χ0) is 6.69. The third-order valence-electron chi connectivity index (χ3n) is 1.90. The first kappa shape index (κ1) is 6.79. The van der Waals surface area contributed by atoms with Gasteiger partial charge in [0.1, 0.15) is 0 Å². The van der Waals surface area contributed by atoms with Crippen molar-refractivity contribution >= 4 is 5.71 Å². The molecule has 1 aliphatic heterocycles. The van der Waals surface area contributed by atoms with Crippen LogP contribution in [0.5, 0.6) is 0 Å². The van der Waals surface area contributed by atoms with Gasteiger partial charge < -0.3 is 0 Å². The van der Waals surface area contributed by atoms with Gasteiger partial charge in [-0.1, -0.05) is 6.92 Å². The van der Waals surface area contributed by atoms with Crippen LogP contribution in [-0.4, -0.2) is 11.8 Å². The van der Waals surface area contributed by atoms with Crippen LogP contribution in [0.1, 0.15) is 39.5 Å². The van der Waals surface area contributed by atoms with Gasteiger partial charge >= 0.3 is 0 Å². The molecule has 1 nitrogen and oxygen atoms in total. The summed E-state index contributed by atoms with van der Waals surface area (Å²) in [4.78, 5) is 4.52. The molecular weight excluding hydrogens is 110 g/mol. The van der Waals surface area contributed by atoms with E-state index in [4.69, 9.17) is 0 Å². The molecule has 0 fully saturated rings. The highest BCUT2D eigenvalue weighted by Gasteiger charge is 2.07. The van der Waals surface area contributed by atoms with Crippen molar-refractivity contribution in [3.63, 3.8) is 0 Å². The molecule has 9 heavy (non-hydrogen) atoms. The van der Waals surface area contributed by atoms with Crippen molar-refractivity contribution in [2.75, 3.05) is 0 Å². The number of rotatable bonds is 1. The monoisotopic (exact) mass is 125 g/mol. The highest BCUT2D eigenvalue weighted by molar-refractivity contribution is 5.84. The van der Waals surface area contributed by atoms with E-state index >= 15 is 0 Å². The van der Waals surface area contributed by atoms with Crippen LogP contribution >= 0.6 is 0 Å². The molecule has 1 rings (SSSR count). The molecule has 1 aliphatic rings. The summed E-state index contributed by atoms with van der Waals surface area (Å²) in [5.74, 6) is 0. The zero-order valence-corrected chi connectivity index (χ0v) is 6.35. The van der Waals surface area contributed by atoms with Crippen LogP contribution in [0.3, 0.4) is 0 Å². The van der Waals surface area contributed by atoms with E-state index in [0.717, 1.165) is 6.42 Å². The topological polar surface area (TPSA) is 12.4 Å². The highest BCUT2D eigenvalue weighted by atomic mass is 14.8. The predicted molar refractivity (Wildman–Crippen MR) is 41.0 cm³/mol. The van der Waals surface area contributed by atoms with Gasteiger partial charge in [0, 0.05) is 11.8 Å². The van der Waals surface area contributed by atoms with Gasteiger partial charge in [0.05, 0.1) is 0 Å². The summed E-state index contributed by atoms with van der Waals surface area (Å²) >= 11 is 0. The van der Waals surface area contributed by atoms with E-state index in [1.807, 2.05) is 0 Å². The summed E-state index contributed by atoms with van der Waals surface area (Å²) in [5.41, 5.74) is 1.42. The van der Waals surface area contributed by atoms with Gasteiger partial charge in [0.25, 0.3) is 0 Å². The van der Waals surface area contributed by atoms with Crippen LogP contribution in [0.4, 0.5) is 0 Å². The summed E-state index contributed by atoms with van der Waals surface area (Å²) in [7, 11) is 0. The first-order valence-corrected chi connectivity index (χ1v) is 3.88. The molecule has 1 unspecified atom stereocenters. The van der Waals surface area contributed by atoms with Crippen LogP contribution in [0.2, 0.25) is 0 Å². The SMILES string of the molecule is CCC1=NC(C)CCC1. The quantitative estimate of drug-likeness (QED) is 0.510. The van der Waals surface area contributed by atoms with Crippen LogP contribution in [0, 0.1) is 0 Å². The number of hydrogen-bond donors (Lipinski definition) is 0. The predicted octanol–water partition coefficient (Wildman–Crippen LogP) is 2.41. The van der Waals surface area contributed by atoms with E-state index in [0.29, 0.717) is 6.04 Å². The first-order chi connectivity index (χ1) is 4.33. The Labute approximate surface area is 57.2 Å². The Morgan fingerprint density at radius 3 is 2.89 bits per heavy atom. The normalized spacial score (nSPS) is 27.8. The lowest BCUT2D eigenvalue weighted by molar-refractivity contribution is 0.604. The maximum absolute atomic E-state index is 4.52. The lowest BCUT2D eigenvalue weighted by Crippen LogP contribution is -2.11. The average molecular weight is 125 g/mol. The molecule has 0 spiro atoms. The second-order valence-electron chi connectivity index (χ2n) is 2.79. The zero-order valence-electron chi connectivity index (χ0n) is 6.35. The average Bonchev–Trinajstić information content (AvgIpc) is 1.88. The fourth-order valence-corrected chi connectivity index (χ4v) is 1.31. The second-order valence-corrected chi connectivity index (χ2v) is 2.79. The summed E-state index contributed by atoms with van der Waals surface area (Å²) in [6, 6.07) is 0.605. The molecule has 0 aromatic carbocycles. The Bertz CT molecular complexity index is 116. The summed E-state index contributed by atoms with van der Waals surface area (Å²) in [6.07, 6.45) is 5.06. The standard InChI is InChI=1S/C8H15N/c1-3-8-6-4-5-7(2)9-8/h7H,3-6H2,1-2H3. The van der Waals surface area contributed by atoms with Crippen LogP contribution in [0.15, 0.2) is 4.99 Å². The van der Waals surface area contributed by atoms with E-state index in [9.17, 15) is 0 Å². The fourth-order valence-electron chi connectivity index (χ4n) is 1.31. The Kier molecular flexibility index (Phi) is 2.26. The summed E-state index contributed by atoms with van der Waals surface area (Å²) in [6.45, 7) is 4.39. The molecule has 0 N–H and O–H groups in total. The van der Waals surface area contributed by atoms with E-state index in [1.165, 1.54) is 25.0 Å². The van der Waals surface area contributed by atoms with Gasteiger partial charge in [-0.3, -0.25) is 4.99 Å². The Balaban J connectivity index is 2.49. The van der Waals surface area contributed by atoms with Gasteiger partial charge in [-0.15, -0.1) is 0 Å². The molecule has 1 heteroatoms. The van der Waals surface area contributed by atoms with Crippen molar-refractivity contribution in [2.45, 2.75) is 45.6 Å². The molecule has 0 aromatic rings. The van der Waals surface area contributed by atoms with Gasteiger partial charge in [0.2, 0.25) is 0 Å². The molecule has 0 radical (unpaired) electrons. The Morgan fingerprint density at radius 2 is 2.44 bits per heavy atom. The lowest BCUT2D eigenvalue weighted by atomic mass is 10.0. The number of hydrogen-bond acceptors (Lipinski definition) is 1. The van der Waals surface area contributed by atoms with E-state index in [2.05, 4.69) is 18.8 Å². The van der Waals surface area contributed by atoms with Gasteiger partial charge in [-0.2, -0.15) is 0 Å². The Hall–Kier alpha value is -0.330. The Morgan fingerprint density at radius 1 is 1.67 bits per heavy atom. The molecule has 0 aliphatic carbocycles. The molecule has 0 bridgehead atoms. The van der Waals surface area contributed by atoms with Crippen molar-refractivity contribution in [1.82, 2.24) is 0 Å². The molecule has 0 saturated carbocycles. The minimum atomic E-state index is 0.605. The molecule has 0 amide bonds. The summed E-state index contributed by atoms with van der Waals surface area (Å²) in [5, 5.41) is 0. The first-order valence-electron chi connectivity index (χ1n) is 3.88. The molecule has 1 atom stereocenters. The lowest BCUT2D eigenvalue weighted by Gasteiger charge is -2.15. The molecule has 0 saturated heterocycles. The van der Waals surface area contributed by atoms with E-state index in [-0.39, 0.29) is 0 Å². The third kappa shape index (κ3) is 1.81.